The molecule has 1 aliphatic heterocycles. The number of hydrogen-bond donors (Lipinski definition) is 5. The third kappa shape index (κ3) is 8.79. The van der Waals surface area contributed by atoms with Gasteiger partial charge in [-0.1, -0.05) is 90.3 Å². The zero-order chi connectivity index (χ0) is 48.9. The molecule has 5 N–H and O–H groups in total. The van der Waals surface area contributed by atoms with Crippen LogP contribution in [0, 0.1) is 22.7 Å². The maximum absolute atomic E-state index is 17.1. The minimum Gasteiger partial charge on any atom is -0.497 e. The number of nitrogens with one attached hydrogen (secondary N) is 1. The number of ketones is 2. The highest BCUT2D eigenvalue weighted by Crippen LogP contribution is 2.72. The fraction of sp³-hybridized carbons (Fsp3) is 0.423. The summed E-state index contributed by atoms with van der Waals surface area (Å²) in [6.45, 7) is 8.10. The van der Waals surface area contributed by atoms with Gasteiger partial charge < -0.3 is 40.0 Å². The average molecular weight is 961 g/mol. The quantitative estimate of drug-likeness (QED) is 0.107. The van der Waals surface area contributed by atoms with Crippen molar-refractivity contribution in [2.24, 2.45) is 22.7 Å². The van der Waals surface area contributed by atoms with Crippen LogP contribution < -0.4 is 10.1 Å². The predicted octanol–water partition coefficient (Wildman–Crippen LogP) is 9.82. The number of ether oxygens (including phenoxy) is 3. The van der Waals surface area contributed by atoms with Crippen molar-refractivity contribution in [2.75, 3.05) is 19.0 Å². The lowest BCUT2D eigenvalue weighted by molar-refractivity contribution is -0.246. The van der Waals surface area contributed by atoms with Crippen LogP contribution in [0.5, 0.6) is 5.75 Å². The Kier molecular flexibility index (Phi) is 13.9. The smallest absolute Gasteiger partial charge is 0.310 e. The van der Waals surface area contributed by atoms with Gasteiger partial charge >= 0.3 is 11.9 Å². The Hall–Kier alpha value is -5.15. The fourth-order valence-electron chi connectivity index (χ4n) is 11.4. The van der Waals surface area contributed by atoms with E-state index in [0.29, 0.717) is 46.2 Å². The van der Waals surface area contributed by atoms with Crippen LogP contribution in [0.15, 0.2) is 103 Å². The van der Waals surface area contributed by atoms with Crippen molar-refractivity contribution >= 4 is 68.9 Å². The van der Waals surface area contributed by atoms with E-state index in [0.717, 1.165) is 27.7 Å². The highest BCUT2D eigenvalue weighted by atomic mass is 35.5. The van der Waals surface area contributed by atoms with Crippen molar-refractivity contribution in [1.82, 2.24) is 0 Å². The van der Waals surface area contributed by atoms with E-state index in [4.69, 9.17) is 47.6 Å². The van der Waals surface area contributed by atoms with Crippen molar-refractivity contribution in [3.8, 4) is 5.75 Å². The Bertz CT molecular complexity index is 2650. The van der Waals surface area contributed by atoms with Crippen LogP contribution in [-0.4, -0.2) is 86.9 Å². The molecule has 15 heteroatoms. The summed E-state index contributed by atoms with van der Waals surface area (Å²) < 4.78 is 34.7. The molecule has 12 nitrogen and oxygen atoms in total. The number of carboxylic acid groups (broad SMARTS) is 2. The normalized spacial score (nSPS) is 30.1. The molecule has 0 radical (unpaired) electrons. The molecule has 9 atom stereocenters. The van der Waals surface area contributed by atoms with Gasteiger partial charge in [0.05, 0.1) is 47.4 Å². The van der Waals surface area contributed by atoms with Gasteiger partial charge in [-0.05, 0) is 124 Å². The topological polar surface area (TPSA) is 189 Å². The maximum atomic E-state index is 17.1. The molecule has 0 amide bonds. The van der Waals surface area contributed by atoms with Gasteiger partial charge in [-0.25, -0.2) is 4.39 Å². The molecule has 5 aliphatic rings. The van der Waals surface area contributed by atoms with Gasteiger partial charge in [-0.3, -0.25) is 19.2 Å². The SMILES string of the molecule is CC1(C)OC2CC3C4CCC5=CC(=O)C=C[C@]5(C)C4(F)[C@@H](O)C[C@]3(C)C2(C(=O)CO)O1.COc1ccc2cc([C@H](C)C(=O)O)ccc2c1.O=C(O)Cc1ccccc1Nc1c(Cl)cccc1Cl. The second-order valence-corrected chi connectivity index (χ2v) is 19.7. The molecule has 4 fully saturated rings. The first-order valence-corrected chi connectivity index (χ1v) is 23.0. The molecule has 4 aromatic carbocycles. The summed E-state index contributed by atoms with van der Waals surface area (Å²) in [5.74, 6) is -3.84. The summed E-state index contributed by atoms with van der Waals surface area (Å²) in [5, 5.41) is 45.2. The van der Waals surface area contributed by atoms with Crippen LogP contribution in [-0.2, 0) is 35.1 Å². The van der Waals surface area contributed by atoms with E-state index >= 15 is 4.39 Å². The molecule has 0 aromatic heterocycles. The van der Waals surface area contributed by atoms with Crippen LogP contribution in [0.25, 0.3) is 10.8 Å². The molecule has 5 unspecified atom stereocenters. The number of aliphatic hydroxyl groups excluding tert-OH is 2. The fourth-order valence-corrected chi connectivity index (χ4v) is 11.9. The van der Waals surface area contributed by atoms with E-state index in [2.05, 4.69) is 5.32 Å². The number of benzene rings is 4. The number of carbonyl (C=O) groups is 4. The van der Waals surface area contributed by atoms with Gasteiger partial charge in [0.1, 0.15) is 12.4 Å². The summed E-state index contributed by atoms with van der Waals surface area (Å²) >= 11 is 12.1. The molecule has 1 heterocycles. The van der Waals surface area contributed by atoms with Crippen molar-refractivity contribution in [3.05, 3.63) is 124 Å². The number of carboxylic acids is 2. The lowest BCUT2D eigenvalue weighted by Crippen LogP contribution is -2.70. The van der Waals surface area contributed by atoms with Gasteiger partial charge in [-0.15, -0.1) is 0 Å². The number of carbonyl (C=O) groups excluding carboxylic acids is 2. The molecular weight excluding hydrogens is 904 g/mol. The Morgan fingerprint density at radius 1 is 0.940 bits per heavy atom. The summed E-state index contributed by atoms with van der Waals surface area (Å²) in [6.07, 6.45) is 3.93. The standard InChI is InChI=1S/C24H31FO6.C14H11Cl2NO2.C14H14O3/c1-20(2)30-19-10-16-15-6-5-13-9-14(27)7-8-21(13,3)23(15,25)17(28)11-22(16,4)24(19,31-20)18(29)12-26;15-10-5-3-6-11(16)14(10)17-12-7-2-1-4-9(12)8-13(18)19;1-9(14(15)16)10-3-4-12-8-13(17-2)6-5-11(12)7-10/h7-9,15-17,19,26,28H,5-6,10-12H2,1-4H3;1-7,17H,8H2,(H,18,19);3-9H,1-2H3,(H,15,16)/t15?,16?,17-,19?,21-,22-,23?,24?;;9-/m0.0/s1. The van der Waals surface area contributed by atoms with E-state index in [1.54, 1.807) is 77.3 Å². The molecule has 9 rings (SSSR count). The first-order chi connectivity index (χ1) is 31.5. The number of rotatable bonds is 9. The number of aliphatic hydroxyl groups is 2. The minimum absolute atomic E-state index is 0.0109. The molecule has 1 saturated heterocycles. The zero-order valence-electron chi connectivity index (χ0n) is 38.1. The second-order valence-electron chi connectivity index (χ2n) is 18.9. The average Bonchev–Trinajstić information content (AvgIpc) is 3.70. The number of halogens is 3. The number of aliphatic carboxylic acids is 2. The summed E-state index contributed by atoms with van der Waals surface area (Å²) in [5.41, 5.74) is -1.92. The van der Waals surface area contributed by atoms with Crippen LogP contribution in [0.4, 0.5) is 15.8 Å². The van der Waals surface area contributed by atoms with Crippen molar-refractivity contribution in [2.45, 2.75) is 102 Å². The highest BCUT2D eigenvalue weighted by Gasteiger charge is 2.80. The van der Waals surface area contributed by atoms with Gasteiger partial charge in [0.2, 0.25) is 0 Å². The van der Waals surface area contributed by atoms with Crippen LogP contribution in [0.1, 0.15) is 77.3 Å². The molecule has 0 spiro atoms. The number of fused-ring (bicyclic) bond motifs is 8. The van der Waals surface area contributed by atoms with E-state index < -0.39 is 76.3 Å². The summed E-state index contributed by atoms with van der Waals surface area (Å²) in [7, 11) is 1.63. The lowest BCUT2D eigenvalue weighted by Gasteiger charge is -2.62. The Morgan fingerprint density at radius 2 is 1.61 bits per heavy atom. The van der Waals surface area contributed by atoms with Crippen molar-refractivity contribution < 1.29 is 58.2 Å². The van der Waals surface area contributed by atoms with Crippen molar-refractivity contribution in [3.63, 3.8) is 0 Å². The third-order valence-electron chi connectivity index (χ3n) is 14.7. The minimum atomic E-state index is -1.98. The van der Waals surface area contributed by atoms with Gasteiger partial charge in [0.25, 0.3) is 0 Å². The summed E-state index contributed by atoms with van der Waals surface area (Å²) in [6, 6.07) is 23.8. The number of methoxy groups -OCH3 is 1. The lowest BCUT2D eigenvalue weighted by atomic mass is 9.44. The van der Waals surface area contributed by atoms with Crippen LogP contribution in [0.3, 0.4) is 0 Å². The van der Waals surface area contributed by atoms with Crippen LogP contribution >= 0.6 is 23.2 Å². The first kappa shape index (κ1) is 49.7. The number of alkyl halides is 1. The van der Waals surface area contributed by atoms with Gasteiger partial charge in [0.15, 0.2) is 28.6 Å². The molecular formula is C52H56Cl2FNO11. The van der Waals surface area contributed by atoms with E-state index in [9.17, 15) is 29.4 Å². The maximum Gasteiger partial charge on any atom is 0.310 e. The number of anilines is 2. The largest absolute Gasteiger partial charge is 0.497 e. The Balaban J connectivity index is 0.000000160. The number of para-hydroxylation sites is 2. The third-order valence-corrected chi connectivity index (χ3v) is 15.3. The van der Waals surface area contributed by atoms with Gasteiger partial charge in [-0.2, -0.15) is 0 Å². The predicted molar refractivity (Wildman–Crippen MR) is 253 cm³/mol. The summed E-state index contributed by atoms with van der Waals surface area (Å²) in [4.78, 5) is 46.8. The Labute approximate surface area is 398 Å². The first-order valence-electron chi connectivity index (χ1n) is 22.2. The van der Waals surface area contributed by atoms with Gasteiger partial charge in [0, 0.05) is 22.4 Å². The molecule has 3 saturated carbocycles. The van der Waals surface area contributed by atoms with E-state index in [1.807, 2.05) is 49.4 Å². The number of hydrogen-bond acceptors (Lipinski definition) is 10. The molecule has 67 heavy (non-hydrogen) atoms. The molecule has 4 aromatic rings. The van der Waals surface area contributed by atoms with E-state index in [1.165, 1.54) is 12.2 Å². The molecule has 0 bridgehead atoms. The van der Waals surface area contributed by atoms with Crippen LogP contribution in [0.2, 0.25) is 10.0 Å². The highest BCUT2D eigenvalue weighted by molar-refractivity contribution is 6.39. The monoisotopic (exact) mass is 959 g/mol. The molecule has 4 aliphatic carbocycles. The number of allylic oxidation sites excluding steroid dienone is 4. The van der Waals surface area contributed by atoms with E-state index in [-0.39, 0.29) is 24.5 Å². The second kappa shape index (κ2) is 18.7. The Morgan fingerprint density at radius 3 is 2.27 bits per heavy atom. The molecule has 356 valence electrons. The number of Topliss-reactive ketones (excluding diaryl/α,β-unsaturated/α-hetero) is 1. The van der Waals surface area contributed by atoms with Crippen molar-refractivity contribution in [1.29, 1.82) is 0 Å². The zero-order valence-corrected chi connectivity index (χ0v) is 39.7.